The maximum atomic E-state index is 12.8. The minimum Gasteiger partial charge on any atom is -0.376 e. The zero-order valence-corrected chi connectivity index (χ0v) is 14.4. The van der Waals surface area contributed by atoms with Crippen LogP contribution in [0.3, 0.4) is 0 Å². The summed E-state index contributed by atoms with van der Waals surface area (Å²) in [6.45, 7) is 1.20. The molecule has 1 fully saturated rings. The van der Waals surface area contributed by atoms with E-state index in [1.54, 1.807) is 4.57 Å². The van der Waals surface area contributed by atoms with Crippen molar-refractivity contribution >= 4 is 23.4 Å². The third-order valence-corrected chi connectivity index (χ3v) is 4.80. The minimum atomic E-state index is -0.351. The van der Waals surface area contributed by atoms with Gasteiger partial charge in [-0.2, -0.15) is 0 Å². The number of aromatic amines is 1. The van der Waals surface area contributed by atoms with Crippen molar-refractivity contribution < 1.29 is 13.9 Å². The van der Waals surface area contributed by atoms with Crippen molar-refractivity contribution in [1.82, 2.24) is 14.8 Å². The Bertz CT molecular complexity index is 768. The van der Waals surface area contributed by atoms with Crippen LogP contribution in [0.15, 0.2) is 34.2 Å². The molecule has 1 amide bonds. The van der Waals surface area contributed by atoms with E-state index in [0.717, 1.165) is 19.4 Å². The van der Waals surface area contributed by atoms with Crippen LogP contribution in [0.25, 0.3) is 0 Å². The van der Waals surface area contributed by atoms with Crippen molar-refractivity contribution in [2.75, 3.05) is 17.7 Å². The minimum absolute atomic E-state index is 0.0384. The molecule has 0 spiro atoms. The number of carbonyl (C=O) groups excluding carboxylic acids is 1. The van der Waals surface area contributed by atoms with Gasteiger partial charge in [0.1, 0.15) is 5.82 Å². The van der Waals surface area contributed by atoms with Gasteiger partial charge in [-0.15, -0.1) is 5.10 Å². The smallest absolute Gasteiger partial charge is 0.344 e. The van der Waals surface area contributed by atoms with E-state index >= 15 is 0 Å². The molecule has 7 nitrogen and oxygen atoms in total. The predicted molar refractivity (Wildman–Crippen MR) is 92.2 cm³/mol. The number of aromatic nitrogens is 3. The molecule has 1 saturated heterocycles. The lowest BCUT2D eigenvalue weighted by Gasteiger charge is -2.11. The molecule has 0 saturated carbocycles. The normalized spacial score (nSPS) is 16.9. The van der Waals surface area contributed by atoms with Gasteiger partial charge in [-0.25, -0.2) is 14.3 Å². The molecule has 1 aliphatic heterocycles. The molecule has 1 aliphatic rings. The number of halogens is 1. The Morgan fingerprint density at radius 2 is 2.24 bits per heavy atom. The summed E-state index contributed by atoms with van der Waals surface area (Å²) in [6, 6.07) is 5.59. The van der Waals surface area contributed by atoms with Gasteiger partial charge in [0.05, 0.1) is 12.6 Å². The van der Waals surface area contributed by atoms with E-state index in [9.17, 15) is 14.0 Å². The highest BCUT2D eigenvalue weighted by Gasteiger charge is 2.19. The number of thioether (sulfide) groups is 1. The summed E-state index contributed by atoms with van der Waals surface area (Å²) < 4.78 is 19.9. The number of hydrogen-bond donors (Lipinski definition) is 2. The molecule has 1 atom stereocenters. The number of H-pyrrole nitrogens is 1. The van der Waals surface area contributed by atoms with E-state index in [-0.39, 0.29) is 29.9 Å². The monoisotopic (exact) mass is 366 g/mol. The third kappa shape index (κ3) is 4.93. The van der Waals surface area contributed by atoms with Gasteiger partial charge in [-0.3, -0.25) is 9.36 Å². The molecule has 1 unspecified atom stereocenters. The van der Waals surface area contributed by atoms with E-state index in [1.807, 2.05) is 0 Å². The van der Waals surface area contributed by atoms with E-state index in [4.69, 9.17) is 4.74 Å². The molecule has 2 N–H and O–H groups in total. The lowest BCUT2D eigenvalue weighted by molar-refractivity contribution is -0.115. The molecule has 1 aromatic heterocycles. The van der Waals surface area contributed by atoms with Crippen LogP contribution in [0.2, 0.25) is 0 Å². The van der Waals surface area contributed by atoms with Crippen LogP contribution in [-0.4, -0.2) is 39.1 Å². The molecule has 25 heavy (non-hydrogen) atoms. The van der Waals surface area contributed by atoms with Crippen molar-refractivity contribution in [3.8, 4) is 0 Å². The molecular weight excluding hydrogens is 347 g/mol. The van der Waals surface area contributed by atoms with E-state index < -0.39 is 0 Å². The largest absolute Gasteiger partial charge is 0.376 e. The number of ether oxygens (including phenoxy) is 1. The summed E-state index contributed by atoms with van der Waals surface area (Å²) in [7, 11) is 0. The van der Waals surface area contributed by atoms with Crippen LogP contribution in [0, 0.1) is 5.82 Å². The predicted octanol–water partition coefficient (Wildman–Crippen LogP) is 2.01. The second-order valence-electron chi connectivity index (χ2n) is 5.71. The van der Waals surface area contributed by atoms with Crippen molar-refractivity contribution in [3.63, 3.8) is 0 Å². The maximum Gasteiger partial charge on any atom is 0.344 e. The summed E-state index contributed by atoms with van der Waals surface area (Å²) >= 11 is 1.34. The fourth-order valence-corrected chi connectivity index (χ4v) is 3.45. The number of amides is 1. The lowest BCUT2D eigenvalue weighted by Crippen LogP contribution is -2.25. The maximum absolute atomic E-state index is 12.8. The Labute approximate surface area is 148 Å². The molecule has 0 radical (unpaired) electrons. The highest BCUT2D eigenvalue weighted by atomic mass is 32.2. The Balaban J connectivity index is 1.49. The Kier molecular flexibility index (Phi) is 5.87. The molecule has 9 heteroatoms. The van der Waals surface area contributed by atoms with E-state index in [1.165, 1.54) is 36.0 Å². The van der Waals surface area contributed by atoms with Crippen LogP contribution in [0.5, 0.6) is 0 Å². The highest BCUT2D eigenvalue weighted by molar-refractivity contribution is 7.99. The van der Waals surface area contributed by atoms with Crippen LogP contribution in [0.1, 0.15) is 19.3 Å². The number of nitrogens with zero attached hydrogens (tertiary/aromatic N) is 2. The number of hydrogen-bond acceptors (Lipinski definition) is 5. The molecule has 2 heterocycles. The topological polar surface area (TPSA) is 89.0 Å². The van der Waals surface area contributed by atoms with Gasteiger partial charge < -0.3 is 10.1 Å². The molecule has 1 aromatic carbocycles. The van der Waals surface area contributed by atoms with Gasteiger partial charge in [0, 0.05) is 24.5 Å². The van der Waals surface area contributed by atoms with Crippen molar-refractivity contribution in [2.45, 2.75) is 37.1 Å². The fraction of sp³-hybridized carbons (Fsp3) is 0.438. The highest BCUT2D eigenvalue weighted by Crippen LogP contribution is 2.19. The molecule has 3 rings (SSSR count). The van der Waals surface area contributed by atoms with Crippen LogP contribution >= 0.6 is 11.8 Å². The average molecular weight is 366 g/mol. The molecule has 134 valence electrons. The first kappa shape index (κ1) is 17.7. The number of rotatable bonds is 7. The van der Waals surface area contributed by atoms with Gasteiger partial charge >= 0.3 is 5.69 Å². The lowest BCUT2D eigenvalue weighted by atomic mass is 10.2. The SMILES string of the molecule is O=C(CCSc1n[nH]c(=O)n1CC1CCCO1)Nc1ccc(F)cc1. The number of nitrogens with one attached hydrogen (secondary N) is 2. The summed E-state index contributed by atoms with van der Waals surface area (Å²) in [6.07, 6.45) is 2.23. The quantitative estimate of drug-likeness (QED) is 0.732. The Hall–Kier alpha value is -2.13. The molecular formula is C16H19FN4O3S. The third-order valence-electron chi connectivity index (χ3n) is 3.82. The van der Waals surface area contributed by atoms with Crippen molar-refractivity contribution in [1.29, 1.82) is 0 Å². The summed E-state index contributed by atoms with van der Waals surface area (Å²) in [5.74, 6) is -0.0537. The zero-order chi connectivity index (χ0) is 17.6. The summed E-state index contributed by atoms with van der Waals surface area (Å²) in [5, 5.41) is 9.70. The fourth-order valence-electron chi connectivity index (χ4n) is 2.56. The number of benzene rings is 1. The van der Waals surface area contributed by atoms with E-state index in [0.29, 0.717) is 23.1 Å². The zero-order valence-electron chi connectivity index (χ0n) is 13.5. The first-order valence-electron chi connectivity index (χ1n) is 8.07. The second kappa shape index (κ2) is 8.30. The van der Waals surface area contributed by atoms with Crippen LogP contribution in [0.4, 0.5) is 10.1 Å². The van der Waals surface area contributed by atoms with Gasteiger partial charge in [0.25, 0.3) is 0 Å². The number of anilines is 1. The first-order valence-corrected chi connectivity index (χ1v) is 9.05. The molecule has 2 aromatic rings. The summed E-state index contributed by atoms with van der Waals surface area (Å²) in [4.78, 5) is 23.8. The van der Waals surface area contributed by atoms with Gasteiger partial charge in [0.2, 0.25) is 5.91 Å². The second-order valence-corrected chi connectivity index (χ2v) is 6.77. The van der Waals surface area contributed by atoms with E-state index in [2.05, 4.69) is 15.5 Å². The Morgan fingerprint density at radius 1 is 1.44 bits per heavy atom. The first-order chi connectivity index (χ1) is 12.1. The number of carbonyl (C=O) groups is 1. The average Bonchev–Trinajstić information content (AvgIpc) is 3.22. The molecule has 0 aliphatic carbocycles. The van der Waals surface area contributed by atoms with Crippen molar-refractivity contribution in [3.05, 3.63) is 40.6 Å². The standard InChI is InChI=1S/C16H19FN4O3S/c17-11-3-5-12(6-4-11)18-14(22)7-9-25-16-20-19-15(23)21(16)10-13-2-1-8-24-13/h3-6,13H,1-2,7-10H2,(H,18,22)(H,19,23). The molecule has 0 bridgehead atoms. The Morgan fingerprint density at radius 3 is 2.96 bits per heavy atom. The van der Waals surface area contributed by atoms with Crippen LogP contribution < -0.4 is 11.0 Å². The van der Waals surface area contributed by atoms with Crippen LogP contribution in [-0.2, 0) is 16.1 Å². The van der Waals surface area contributed by atoms with Gasteiger partial charge in [0.15, 0.2) is 5.16 Å². The van der Waals surface area contributed by atoms with Gasteiger partial charge in [-0.1, -0.05) is 11.8 Å². The summed E-state index contributed by atoms with van der Waals surface area (Å²) in [5.41, 5.74) is 0.278. The van der Waals surface area contributed by atoms with Crippen molar-refractivity contribution in [2.24, 2.45) is 0 Å². The van der Waals surface area contributed by atoms with Gasteiger partial charge in [-0.05, 0) is 37.1 Å².